The van der Waals surface area contributed by atoms with Crippen LogP contribution in [0, 0.1) is 0 Å². The Kier molecular flexibility index (Phi) is 9.48. The topological polar surface area (TPSA) is 36.4 Å². The highest BCUT2D eigenvalue weighted by atomic mass is 35.5. The van der Waals surface area contributed by atoms with E-state index in [1.807, 2.05) is 18.2 Å². The zero-order valence-corrected chi connectivity index (χ0v) is 21.4. The van der Waals surface area contributed by atoms with Gasteiger partial charge >= 0.3 is 0 Å². The lowest BCUT2D eigenvalue weighted by Gasteiger charge is -2.26. The van der Waals surface area contributed by atoms with Crippen molar-refractivity contribution in [3.63, 3.8) is 0 Å². The summed E-state index contributed by atoms with van der Waals surface area (Å²) >= 11 is 25.2. The van der Waals surface area contributed by atoms with Crippen LogP contribution in [0.3, 0.4) is 0 Å². The van der Waals surface area contributed by atoms with Gasteiger partial charge in [-0.2, -0.15) is 0 Å². The molecule has 0 saturated carbocycles. The van der Waals surface area contributed by atoms with Crippen molar-refractivity contribution in [1.82, 2.24) is 9.88 Å². The van der Waals surface area contributed by atoms with Crippen LogP contribution in [0.1, 0.15) is 51.2 Å². The molecule has 32 heavy (non-hydrogen) atoms. The van der Waals surface area contributed by atoms with Gasteiger partial charge in [0.1, 0.15) is 0 Å². The van der Waals surface area contributed by atoms with Gasteiger partial charge in [0.2, 0.25) is 0 Å². The van der Waals surface area contributed by atoms with E-state index in [2.05, 4.69) is 18.7 Å². The number of aliphatic hydroxyl groups is 1. The standard InChI is InChI=1S/C25H28Cl4N2O/c1-3-5-9-31(10-6-4-2)15-24(32)18-14-23(16-7-8-20(27)21(28)11-16)30-25-19(18)12-17(26)13-22(25)29/h7-8,11-14,24,32H,3-6,9-10,15H2,1-2H3/i23+2. The lowest BCUT2D eigenvalue weighted by atomic mass is 10.0. The normalized spacial score (nSPS) is 12.6. The van der Waals surface area contributed by atoms with Crippen molar-refractivity contribution in [2.45, 2.75) is 45.6 Å². The van der Waals surface area contributed by atoms with Crippen LogP contribution in [-0.4, -0.2) is 34.6 Å². The van der Waals surface area contributed by atoms with Gasteiger partial charge in [-0.25, -0.2) is 4.98 Å². The van der Waals surface area contributed by atoms with Crippen molar-refractivity contribution in [3.05, 3.63) is 62.1 Å². The second-order valence-corrected chi connectivity index (χ2v) is 9.69. The molecule has 0 amide bonds. The number of pyridine rings is 1. The third-order valence-electron chi connectivity index (χ3n) is 5.52. The van der Waals surface area contributed by atoms with Gasteiger partial charge in [-0.1, -0.05) is 79.2 Å². The molecule has 0 spiro atoms. The number of aromatic nitrogens is 1. The van der Waals surface area contributed by atoms with E-state index in [9.17, 15) is 5.11 Å². The molecule has 172 valence electrons. The van der Waals surface area contributed by atoms with Crippen molar-refractivity contribution >= 4 is 57.3 Å². The van der Waals surface area contributed by atoms with Crippen LogP contribution in [-0.2, 0) is 0 Å². The van der Waals surface area contributed by atoms with Gasteiger partial charge in [0, 0.05) is 22.5 Å². The number of rotatable bonds is 10. The summed E-state index contributed by atoms with van der Waals surface area (Å²) in [6.45, 7) is 6.80. The first-order valence-corrected chi connectivity index (χ1v) is 12.5. The van der Waals surface area contributed by atoms with Gasteiger partial charge in [-0.3, -0.25) is 0 Å². The van der Waals surface area contributed by atoms with Crippen molar-refractivity contribution < 1.29 is 5.11 Å². The number of benzene rings is 2. The quantitative estimate of drug-likeness (QED) is 0.294. The molecule has 1 atom stereocenters. The SMILES string of the molecule is CCCCN(CCCC)CC(O)c1c[14c](-c2ccc(Cl)c(Cl)c2)nc2c(Cl)cc(Cl)cc12. The summed E-state index contributed by atoms with van der Waals surface area (Å²) in [5.41, 5.74) is 2.82. The molecule has 3 rings (SSSR count). The molecule has 3 nitrogen and oxygen atoms in total. The molecule has 0 aliphatic carbocycles. The van der Waals surface area contributed by atoms with Gasteiger partial charge in [-0.15, -0.1) is 0 Å². The number of aliphatic hydroxyl groups excluding tert-OH is 1. The lowest BCUT2D eigenvalue weighted by molar-refractivity contribution is 0.112. The second-order valence-electron chi connectivity index (χ2n) is 8.03. The van der Waals surface area contributed by atoms with E-state index >= 15 is 0 Å². The second kappa shape index (κ2) is 11.9. The minimum absolute atomic E-state index is 0.441. The molecule has 0 bridgehead atoms. The highest BCUT2D eigenvalue weighted by molar-refractivity contribution is 6.42. The highest BCUT2D eigenvalue weighted by Gasteiger charge is 2.20. The van der Waals surface area contributed by atoms with E-state index in [4.69, 9.17) is 51.4 Å². The highest BCUT2D eigenvalue weighted by Crippen LogP contribution is 2.36. The predicted molar refractivity (Wildman–Crippen MR) is 138 cm³/mol. The van der Waals surface area contributed by atoms with Gasteiger partial charge in [-0.05, 0) is 61.8 Å². The average Bonchev–Trinajstić information content (AvgIpc) is 2.76. The first kappa shape index (κ1) is 25.6. The van der Waals surface area contributed by atoms with Crippen molar-refractivity contribution in [2.24, 2.45) is 0 Å². The Morgan fingerprint density at radius 2 is 1.62 bits per heavy atom. The number of halogens is 4. The first-order valence-electron chi connectivity index (χ1n) is 11.0. The molecule has 1 unspecified atom stereocenters. The molecule has 1 heterocycles. The van der Waals surface area contributed by atoms with E-state index in [1.165, 1.54) is 0 Å². The van der Waals surface area contributed by atoms with Crippen LogP contribution < -0.4 is 0 Å². The third kappa shape index (κ3) is 6.28. The molecule has 3 aromatic rings. The van der Waals surface area contributed by atoms with E-state index in [0.717, 1.165) is 55.3 Å². The summed E-state index contributed by atoms with van der Waals surface area (Å²) in [6.07, 6.45) is 3.71. The van der Waals surface area contributed by atoms with Gasteiger partial charge in [0.05, 0.1) is 32.4 Å². The molecular weight excluding hydrogens is 488 g/mol. The number of unbranched alkanes of at least 4 members (excludes halogenated alkanes) is 2. The van der Waals surface area contributed by atoms with Crippen LogP contribution in [0.25, 0.3) is 22.2 Å². The molecule has 0 aliphatic heterocycles. The summed E-state index contributed by atoms with van der Waals surface area (Å²) < 4.78 is 0. The maximum Gasteiger partial charge on any atom is 0.0924 e. The Morgan fingerprint density at radius 1 is 0.938 bits per heavy atom. The number of hydrogen-bond acceptors (Lipinski definition) is 3. The molecular formula is C25H28Cl4N2O. The van der Waals surface area contributed by atoms with E-state index in [0.29, 0.717) is 37.8 Å². The maximum absolute atomic E-state index is 11.3. The predicted octanol–water partition coefficient (Wildman–Crippen LogP) is 8.45. The fourth-order valence-electron chi connectivity index (χ4n) is 3.76. The summed E-state index contributed by atoms with van der Waals surface area (Å²) in [5, 5.41) is 14.0. The van der Waals surface area contributed by atoms with Crippen molar-refractivity contribution in [2.75, 3.05) is 19.6 Å². The van der Waals surface area contributed by atoms with E-state index in [1.54, 1.807) is 18.2 Å². The Balaban J connectivity index is 2.07. The fourth-order valence-corrected chi connectivity index (χ4v) is 4.59. The average molecular weight is 516 g/mol. The molecule has 0 radical (unpaired) electrons. The molecule has 0 fully saturated rings. The van der Waals surface area contributed by atoms with Gasteiger partial charge < -0.3 is 10.0 Å². The lowest BCUT2D eigenvalue weighted by Crippen LogP contribution is -2.31. The van der Waals surface area contributed by atoms with E-state index in [-0.39, 0.29) is 0 Å². The molecule has 1 N–H and O–H groups in total. The first-order chi connectivity index (χ1) is 15.3. The Bertz CT molecular complexity index is 1070. The summed E-state index contributed by atoms with van der Waals surface area (Å²) in [7, 11) is 0. The Labute approximate surface area is 210 Å². The van der Waals surface area contributed by atoms with Gasteiger partial charge in [0.15, 0.2) is 0 Å². The molecule has 2 aromatic carbocycles. The third-order valence-corrected chi connectivity index (χ3v) is 6.77. The summed E-state index contributed by atoms with van der Waals surface area (Å²) in [6, 6.07) is 10.8. The smallest absolute Gasteiger partial charge is 0.0924 e. The van der Waals surface area contributed by atoms with Crippen LogP contribution in [0.15, 0.2) is 36.4 Å². The largest absolute Gasteiger partial charge is 0.387 e. The Morgan fingerprint density at radius 3 is 2.25 bits per heavy atom. The zero-order chi connectivity index (χ0) is 23.3. The summed E-state index contributed by atoms with van der Waals surface area (Å²) in [4.78, 5) is 7.09. The zero-order valence-electron chi connectivity index (χ0n) is 18.3. The fraction of sp³-hybridized carbons (Fsp3) is 0.400. The molecule has 1 aromatic heterocycles. The van der Waals surface area contributed by atoms with Crippen LogP contribution >= 0.6 is 46.4 Å². The van der Waals surface area contributed by atoms with Crippen LogP contribution in [0.5, 0.6) is 0 Å². The number of nitrogens with zero attached hydrogens (tertiary/aromatic N) is 2. The van der Waals surface area contributed by atoms with Crippen molar-refractivity contribution in [1.29, 1.82) is 0 Å². The number of fused-ring (bicyclic) bond motifs is 1. The van der Waals surface area contributed by atoms with Gasteiger partial charge in [0.25, 0.3) is 0 Å². The molecule has 7 heteroatoms. The minimum atomic E-state index is -0.717. The number of hydrogen-bond donors (Lipinski definition) is 1. The Hall–Kier alpha value is -1.07. The minimum Gasteiger partial charge on any atom is -0.387 e. The van der Waals surface area contributed by atoms with Crippen molar-refractivity contribution in [3.8, 4) is 11.3 Å². The van der Waals surface area contributed by atoms with E-state index < -0.39 is 6.10 Å². The van der Waals surface area contributed by atoms with Crippen LogP contribution in [0.2, 0.25) is 20.1 Å². The maximum atomic E-state index is 11.3. The summed E-state index contributed by atoms with van der Waals surface area (Å²) in [5.74, 6) is 0. The molecule has 0 aliphatic rings. The van der Waals surface area contributed by atoms with Crippen LogP contribution in [0.4, 0.5) is 0 Å². The molecule has 0 saturated heterocycles. The monoisotopic (exact) mass is 514 g/mol.